The Morgan fingerprint density at radius 1 is 1.33 bits per heavy atom. The van der Waals surface area contributed by atoms with Crippen molar-refractivity contribution in [2.24, 2.45) is 4.99 Å². The molecule has 1 unspecified atom stereocenters. The lowest BCUT2D eigenvalue weighted by Crippen LogP contribution is -2.33. The Balaban J connectivity index is 0. The maximum atomic E-state index is 5.17. The van der Waals surface area contributed by atoms with Crippen LogP contribution in [0.2, 0.25) is 0 Å². The third kappa shape index (κ3) is 7.69. The van der Waals surface area contributed by atoms with Crippen LogP contribution < -0.4 is 5.32 Å². The molecule has 0 aromatic heterocycles. The van der Waals surface area contributed by atoms with Crippen LogP contribution in [0.3, 0.4) is 0 Å². The van der Waals surface area contributed by atoms with Gasteiger partial charge >= 0.3 is 0 Å². The van der Waals surface area contributed by atoms with E-state index in [2.05, 4.69) is 10.3 Å². The first-order valence-electron chi connectivity index (χ1n) is 4.72. The number of hydrogen-bond donors (Lipinski definition) is 1. The van der Waals surface area contributed by atoms with E-state index in [0.29, 0.717) is 0 Å². The minimum atomic E-state index is 0.0451. The summed E-state index contributed by atoms with van der Waals surface area (Å²) in [5, 5.41) is 2.93. The van der Waals surface area contributed by atoms with E-state index < -0.39 is 0 Å². The Kier molecular flexibility index (Phi) is 15.5. The van der Waals surface area contributed by atoms with Crippen molar-refractivity contribution in [3.05, 3.63) is 0 Å². The van der Waals surface area contributed by atoms with Gasteiger partial charge in [0.15, 0.2) is 0 Å². The first kappa shape index (κ1) is 14.1. The fourth-order valence-electron chi connectivity index (χ4n) is 0.604. The highest BCUT2D eigenvalue weighted by Crippen LogP contribution is 1.88. The zero-order chi connectivity index (χ0) is 9.82. The van der Waals surface area contributed by atoms with Crippen molar-refractivity contribution in [3.8, 4) is 0 Å². The van der Waals surface area contributed by atoms with Crippen molar-refractivity contribution in [3.63, 3.8) is 0 Å². The second-order valence-corrected chi connectivity index (χ2v) is 1.64. The number of nitrogens with one attached hydrogen (secondary N) is 1. The van der Waals surface area contributed by atoms with Gasteiger partial charge < -0.3 is 4.74 Å². The number of ether oxygens (including phenoxy) is 1. The topological polar surface area (TPSA) is 33.6 Å². The Bertz CT molecular complexity index is 94.5. The predicted molar refractivity (Wildman–Crippen MR) is 54.9 cm³/mol. The van der Waals surface area contributed by atoms with E-state index in [-0.39, 0.29) is 6.23 Å². The van der Waals surface area contributed by atoms with Crippen LogP contribution in [-0.2, 0) is 4.74 Å². The molecule has 12 heavy (non-hydrogen) atoms. The molecule has 0 fully saturated rings. The molecule has 0 bridgehead atoms. The average molecular weight is 174 g/mol. The van der Waals surface area contributed by atoms with Crippen molar-refractivity contribution < 1.29 is 4.74 Å². The highest BCUT2D eigenvalue weighted by molar-refractivity contribution is 5.62. The molecule has 0 aliphatic carbocycles. The van der Waals surface area contributed by atoms with Crippen molar-refractivity contribution in [2.45, 2.75) is 33.9 Å². The monoisotopic (exact) mass is 174 g/mol. The van der Waals surface area contributed by atoms with Crippen LogP contribution in [0.4, 0.5) is 0 Å². The Morgan fingerprint density at radius 3 is 2.17 bits per heavy atom. The minimum Gasteiger partial charge on any atom is -0.356 e. The summed E-state index contributed by atoms with van der Waals surface area (Å²) < 4.78 is 5.17. The molecule has 1 N–H and O–H groups in total. The average Bonchev–Trinajstić information content (AvgIpc) is 2.25. The van der Waals surface area contributed by atoms with Gasteiger partial charge in [0.2, 0.25) is 0 Å². The molecule has 3 heteroatoms. The van der Waals surface area contributed by atoms with E-state index in [0.717, 1.165) is 13.2 Å². The smallest absolute Gasteiger partial charge is 0.143 e. The summed E-state index contributed by atoms with van der Waals surface area (Å²) in [5.41, 5.74) is 0. The third-order valence-electron chi connectivity index (χ3n) is 1.04. The van der Waals surface area contributed by atoms with Gasteiger partial charge in [0.25, 0.3) is 0 Å². The van der Waals surface area contributed by atoms with Gasteiger partial charge in [0.1, 0.15) is 6.23 Å². The highest BCUT2D eigenvalue weighted by atomic mass is 16.5. The molecule has 1 aliphatic rings. The van der Waals surface area contributed by atoms with Crippen LogP contribution in [0.5, 0.6) is 0 Å². The third-order valence-corrected chi connectivity index (χ3v) is 1.04. The number of aliphatic imine (C=N–C) groups is 1. The largest absolute Gasteiger partial charge is 0.356 e. The standard InChI is InChI=1S/C5H10N2O.2C2H6/c1-6-5-4-7-2-3-8-5;2*1-2/h4-6H,2-3H2,1H3;2*1-2H3. The molecular formula is C9H22N2O. The predicted octanol–water partition coefficient (Wildman–Crippen LogP) is 1.69. The van der Waals surface area contributed by atoms with Crippen LogP contribution in [0, 0.1) is 0 Å². The van der Waals surface area contributed by atoms with Crippen LogP contribution in [0.15, 0.2) is 4.99 Å². The molecule has 0 saturated carbocycles. The van der Waals surface area contributed by atoms with Crippen molar-refractivity contribution >= 4 is 6.21 Å². The maximum absolute atomic E-state index is 5.17. The zero-order valence-electron chi connectivity index (χ0n) is 8.92. The van der Waals surface area contributed by atoms with Gasteiger partial charge in [-0.25, -0.2) is 0 Å². The lowest BCUT2D eigenvalue weighted by Gasteiger charge is -2.14. The van der Waals surface area contributed by atoms with E-state index >= 15 is 0 Å². The van der Waals surface area contributed by atoms with E-state index in [4.69, 9.17) is 4.74 Å². The van der Waals surface area contributed by atoms with Crippen LogP contribution in [-0.4, -0.2) is 32.6 Å². The van der Waals surface area contributed by atoms with E-state index in [9.17, 15) is 0 Å². The van der Waals surface area contributed by atoms with E-state index in [1.807, 2.05) is 34.7 Å². The maximum Gasteiger partial charge on any atom is 0.143 e. The highest BCUT2D eigenvalue weighted by Gasteiger charge is 2.03. The summed E-state index contributed by atoms with van der Waals surface area (Å²) in [6.45, 7) is 9.54. The number of nitrogens with zero attached hydrogens (tertiary/aromatic N) is 1. The van der Waals surface area contributed by atoms with E-state index in [1.54, 1.807) is 6.21 Å². The SMILES string of the molecule is CC.CC.CNC1C=NCCO1. The number of hydrogen-bond acceptors (Lipinski definition) is 3. The molecule has 0 amide bonds. The molecule has 1 atom stereocenters. The quantitative estimate of drug-likeness (QED) is 0.656. The van der Waals surface area contributed by atoms with Crippen molar-refractivity contribution in [1.29, 1.82) is 0 Å². The van der Waals surface area contributed by atoms with Crippen molar-refractivity contribution in [1.82, 2.24) is 5.32 Å². The molecule has 0 radical (unpaired) electrons. The van der Waals surface area contributed by atoms with E-state index in [1.165, 1.54) is 0 Å². The first-order valence-corrected chi connectivity index (χ1v) is 4.72. The fraction of sp³-hybridized carbons (Fsp3) is 0.889. The second-order valence-electron chi connectivity index (χ2n) is 1.64. The normalized spacial score (nSPS) is 19.9. The Hall–Kier alpha value is -0.410. The molecular weight excluding hydrogens is 152 g/mol. The molecule has 0 spiro atoms. The Labute approximate surface area is 76.2 Å². The fourth-order valence-corrected chi connectivity index (χ4v) is 0.604. The van der Waals surface area contributed by atoms with Gasteiger partial charge in [-0.15, -0.1) is 0 Å². The summed E-state index contributed by atoms with van der Waals surface area (Å²) in [6, 6.07) is 0. The number of rotatable bonds is 1. The van der Waals surface area contributed by atoms with Gasteiger partial charge in [-0.1, -0.05) is 27.7 Å². The molecule has 0 aromatic rings. The van der Waals surface area contributed by atoms with Gasteiger partial charge in [-0.2, -0.15) is 0 Å². The summed E-state index contributed by atoms with van der Waals surface area (Å²) in [5.74, 6) is 0. The molecule has 1 aliphatic heterocycles. The van der Waals surface area contributed by atoms with Crippen LogP contribution >= 0.6 is 0 Å². The van der Waals surface area contributed by atoms with Crippen LogP contribution in [0.25, 0.3) is 0 Å². The minimum absolute atomic E-state index is 0.0451. The van der Waals surface area contributed by atoms with Gasteiger partial charge in [0, 0.05) is 6.21 Å². The molecule has 1 rings (SSSR count). The summed E-state index contributed by atoms with van der Waals surface area (Å²) in [4.78, 5) is 4.02. The second kappa shape index (κ2) is 13.2. The van der Waals surface area contributed by atoms with Gasteiger partial charge in [-0.3, -0.25) is 10.3 Å². The van der Waals surface area contributed by atoms with Gasteiger partial charge in [0.05, 0.1) is 13.2 Å². The first-order chi connectivity index (χ1) is 5.93. The summed E-state index contributed by atoms with van der Waals surface area (Å²) in [6.07, 6.45) is 1.83. The zero-order valence-corrected chi connectivity index (χ0v) is 8.92. The molecule has 3 nitrogen and oxygen atoms in total. The van der Waals surface area contributed by atoms with Crippen LogP contribution in [0.1, 0.15) is 27.7 Å². The summed E-state index contributed by atoms with van der Waals surface area (Å²) >= 11 is 0. The molecule has 74 valence electrons. The lowest BCUT2D eigenvalue weighted by atomic mass is 10.5. The lowest BCUT2D eigenvalue weighted by molar-refractivity contribution is 0.0821. The Morgan fingerprint density at radius 2 is 1.92 bits per heavy atom. The molecule has 0 aromatic carbocycles. The molecule has 0 saturated heterocycles. The summed E-state index contributed by atoms with van der Waals surface area (Å²) in [7, 11) is 1.85. The van der Waals surface area contributed by atoms with Gasteiger partial charge in [-0.05, 0) is 7.05 Å². The van der Waals surface area contributed by atoms with Crippen molar-refractivity contribution in [2.75, 3.05) is 20.2 Å². The molecule has 1 heterocycles.